The van der Waals surface area contributed by atoms with Crippen molar-refractivity contribution in [2.45, 2.75) is 56.6 Å². The van der Waals surface area contributed by atoms with E-state index in [1.54, 1.807) is 0 Å². The third kappa shape index (κ3) is 2.74. The predicted molar refractivity (Wildman–Crippen MR) is 111 cm³/mol. The summed E-state index contributed by atoms with van der Waals surface area (Å²) in [5.74, 6) is 1.11. The lowest BCUT2D eigenvalue weighted by Crippen LogP contribution is -2.44. The molecule has 4 nitrogen and oxygen atoms in total. The largest absolute Gasteiger partial charge is 0.487 e. The maximum atomic E-state index is 6.67. The summed E-state index contributed by atoms with van der Waals surface area (Å²) in [6, 6.07) is 11.7. The SMILES string of the molecule is c1cn2cc(-c3ccc4c(c3)CC3(CCCN5CCCCC5C3)O4)ccc2n1. The number of piperidine rings is 1. The van der Waals surface area contributed by atoms with Crippen molar-refractivity contribution in [2.24, 2.45) is 0 Å². The van der Waals surface area contributed by atoms with E-state index in [1.165, 1.54) is 68.3 Å². The third-order valence-corrected chi connectivity index (χ3v) is 7.06. The van der Waals surface area contributed by atoms with Crippen LogP contribution in [0.4, 0.5) is 0 Å². The molecule has 2 saturated heterocycles. The molecule has 2 fully saturated rings. The minimum atomic E-state index is 0.0199. The van der Waals surface area contributed by atoms with Crippen LogP contribution in [-0.2, 0) is 6.42 Å². The molecule has 3 aromatic rings. The van der Waals surface area contributed by atoms with Gasteiger partial charge in [0.15, 0.2) is 0 Å². The highest BCUT2D eigenvalue weighted by atomic mass is 16.5. The minimum Gasteiger partial charge on any atom is -0.487 e. The molecule has 0 N–H and O–H groups in total. The van der Waals surface area contributed by atoms with E-state index in [0.29, 0.717) is 6.04 Å². The highest BCUT2D eigenvalue weighted by Gasteiger charge is 2.44. The second kappa shape index (κ2) is 6.35. The third-order valence-electron chi connectivity index (χ3n) is 7.06. The van der Waals surface area contributed by atoms with Crippen LogP contribution in [0.1, 0.15) is 44.1 Å². The van der Waals surface area contributed by atoms with Crippen molar-refractivity contribution in [3.63, 3.8) is 0 Å². The number of rotatable bonds is 1. The molecule has 0 aliphatic carbocycles. The van der Waals surface area contributed by atoms with E-state index >= 15 is 0 Å². The van der Waals surface area contributed by atoms with E-state index in [0.717, 1.165) is 17.8 Å². The monoisotopic (exact) mass is 373 g/mol. The zero-order valence-electron chi connectivity index (χ0n) is 16.3. The molecular formula is C24H27N3O. The van der Waals surface area contributed by atoms with Gasteiger partial charge in [-0.05, 0) is 79.7 Å². The zero-order chi connectivity index (χ0) is 18.6. The lowest BCUT2D eigenvalue weighted by molar-refractivity contribution is 0.0496. The summed E-state index contributed by atoms with van der Waals surface area (Å²) in [7, 11) is 0. The summed E-state index contributed by atoms with van der Waals surface area (Å²) in [6.45, 7) is 2.54. The second-order valence-corrected chi connectivity index (χ2v) is 8.89. The smallest absolute Gasteiger partial charge is 0.136 e. The maximum absolute atomic E-state index is 6.67. The topological polar surface area (TPSA) is 29.8 Å². The van der Waals surface area contributed by atoms with Gasteiger partial charge in [-0.15, -0.1) is 0 Å². The van der Waals surface area contributed by atoms with Crippen LogP contribution in [0.15, 0.2) is 48.9 Å². The van der Waals surface area contributed by atoms with Crippen LogP contribution in [0.25, 0.3) is 16.8 Å². The molecule has 2 aromatic heterocycles. The Bertz CT molecular complexity index is 1030. The first-order valence-electron chi connectivity index (χ1n) is 10.8. The molecule has 0 bridgehead atoms. The summed E-state index contributed by atoms with van der Waals surface area (Å²) in [5, 5.41) is 0. The van der Waals surface area contributed by atoms with Gasteiger partial charge < -0.3 is 14.0 Å². The van der Waals surface area contributed by atoms with E-state index in [9.17, 15) is 0 Å². The van der Waals surface area contributed by atoms with Crippen molar-refractivity contribution in [3.8, 4) is 16.9 Å². The number of nitrogens with zero attached hydrogens (tertiary/aromatic N) is 3. The highest BCUT2D eigenvalue weighted by Crippen LogP contribution is 2.44. The Kier molecular flexibility index (Phi) is 3.76. The van der Waals surface area contributed by atoms with Crippen LogP contribution in [0, 0.1) is 0 Å². The Morgan fingerprint density at radius 2 is 1.96 bits per heavy atom. The van der Waals surface area contributed by atoms with E-state index in [4.69, 9.17) is 4.74 Å². The van der Waals surface area contributed by atoms with E-state index in [2.05, 4.69) is 50.8 Å². The molecule has 5 heterocycles. The van der Waals surface area contributed by atoms with Crippen molar-refractivity contribution < 1.29 is 4.74 Å². The first kappa shape index (κ1) is 16.6. The Morgan fingerprint density at radius 1 is 1.04 bits per heavy atom. The molecule has 2 atom stereocenters. The van der Waals surface area contributed by atoms with E-state index < -0.39 is 0 Å². The average Bonchev–Trinajstić information content (AvgIpc) is 3.27. The first-order chi connectivity index (χ1) is 13.8. The Labute approximate surface area is 166 Å². The molecule has 1 aromatic carbocycles. The summed E-state index contributed by atoms with van der Waals surface area (Å²) in [4.78, 5) is 7.08. The number of fused-ring (bicyclic) bond motifs is 3. The molecule has 3 aliphatic heterocycles. The predicted octanol–water partition coefficient (Wildman–Crippen LogP) is 4.71. The van der Waals surface area contributed by atoms with E-state index in [-0.39, 0.29) is 5.60 Å². The number of benzene rings is 1. The van der Waals surface area contributed by atoms with Crippen LogP contribution >= 0.6 is 0 Å². The highest BCUT2D eigenvalue weighted by molar-refractivity contribution is 5.67. The molecular weight excluding hydrogens is 346 g/mol. The van der Waals surface area contributed by atoms with Gasteiger partial charge in [0, 0.05) is 37.5 Å². The summed E-state index contributed by atoms with van der Waals surface area (Å²) < 4.78 is 8.76. The summed E-state index contributed by atoms with van der Waals surface area (Å²) in [6.07, 6.45) is 14.8. The minimum absolute atomic E-state index is 0.0199. The maximum Gasteiger partial charge on any atom is 0.136 e. The molecule has 0 amide bonds. The Balaban J connectivity index is 1.30. The lowest BCUT2D eigenvalue weighted by Gasteiger charge is -2.37. The van der Waals surface area contributed by atoms with Gasteiger partial charge in [-0.2, -0.15) is 0 Å². The zero-order valence-corrected chi connectivity index (χ0v) is 16.3. The second-order valence-electron chi connectivity index (χ2n) is 8.89. The number of pyridine rings is 1. The normalized spacial score (nSPS) is 27.4. The van der Waals surface area contributed by atoms with Gasteiger partial charge >= 0.3 is 0 Å². The molecule has 0 saturated carbocycles. The van der Waals surface area contributed by atoms with Gasteiger partial charge in [0.1, 0.15) is 17.0 Å². The van der Waals surface area contributed by atoms with E-state index in [1.807, 2.05) is 12.4 Å². The molecule has 4 heteroatoms. The summed E-state index contributed by atoms with van der Waals surface area (Å²) >= 11 is 0. The fraction of sp³-hybridized carbons (Fsp3) is 0.458. The average molecular weight is 374 g/mol. The molecule has 0 radical (unpaired) electrons. The van der Waals surface area contributed by atoms with Crippen molar-refractivity contribution in [1.82, 2.24) is 14.3 Å². The first-order valence-corrected chi connectivity index (χ1v) is 10.8. The molecule has 2 unspecified atom stereocenters. The van der Waals surface area contributed by atoms with Crippen molar-refractivity contribution in [3.05, 3.63) is 54.5 Å². The number of imidazole rings is 1. The Morgan fingerprint density at radius 3 is 2.96 bits per heavy atom. The van der Waals surface area contributed by atoms with Crippen LogP contribution in [0.2, 0.25) is 0 Å². The molecule has 3 aliphatic rings. The van der Waals surface area contributed by atoms with Gasteiger partial charge in [-0.25, -0.2) is 4.98 Å². The van der Waals surface area contributed by atoms with Crippen LogP contribution in [0.5, 0.6) is 5.75 Å². The summed E-state index contributed by atoms with van der Waals surface area (Å²) in [5.41, 5.74) is 4.89. The fourth-order valence-electron chi connectivity index (χ4n) is 5.68. The Hall–Kier alpha value is -2.33. The van der Waals surface area contributed by atoms with Gasteiger partial charge in [0.05, 0.1) is 0 Å². The number of hydrogen-bond acceptors (Lipinski definition) is 3. The standard InChI is InChI=1S/C24H27N3O/c1-2-11-26-12-3-9-24(16-21(26)4-1)15-20-14-18(5-7-22(20)28-24)19-6-8-23-25-10-13-27(23)17-19/h5-8,10,13-14,17,21H,1-4,9,11-12,15-16H2. The lowest BCUT2D eigenvalue weighted by atomic mass is 9.85. The number of hydrogen-bond donors (Lipinski definition) is 0. The van der Waals surface area contributed by atoms with Crippen molar-refractivity contribution in [1.29, 1.82) is 0 Å². The molecule has 6 rings (SSSR count). The number of ether oxygens (including phenoxy) is 1. The van der Waals surface area contributed by atoms with Crippen molar-refractivity contribution >= 4 is 5.65 Å². The van der Waals surface area contributed by atoms with Crippen LogP contribution in [0.3, 0.4) is 0 Å². The van der Waals surface area contributed by atoms with Crippen molar-refractivity contribution in [2.75, 3.05) is 13.1 Å². The quantitative estimate of drug-likeness (QED) is 0.618. The molecule has 144 valence electrons. The molecule has 28 heavy (non-hydrogen) atoms. The fourth-order valence-corrected chi connectivity index (χ4v) is 5.68. The van der Waals surface area contributed by atoms with Crippen LogP contribution in [-0.4, -0.2) is 39.0 Å². The van der Waals surface area contributed by atoms with Gasteiger partial charge in [0.25, 0.3) is 0 Å². The van der Waals surface area contributed by atoms with Gasteiger partial charge in [-0.1, -0.05) is 12.5 Å². The number of aromatic nitrogens is 2. The van der Waals surface area contributed by atoms with Crippen LogP contribution < -0.4 is 4.74 Å². The van der Waals surface area contributed by atoms with Gasteiger partial charge in [-0.3, -0.25) is 0 Å². The molecule has 1 spiro atoms. The van der Waals surface area contributed by atoms with Gasteiger partial charge in [0.2, 0.25) is 0 Å².